The quantitative estimate of drug-likeness (QED) is 0.855. The highest BCUT2D eigenvalue weighted by Gasteiger charge is 2.21. The summed E-state index contributed by atoms with van der Waals surface area (Å²) in [6.45, 7) is 1.94. The maximum absolute atomic E-state index is 12.0. The number of fused-ring (bicyclic) bond motifs is 1. The van der Waals surface area contributed by atoms with E-state index < -0.39 is 6.10 Å². The molecular formula is C12H13N3O2S. The van der Waals surface area contributed by atoms with Crippen molar-refractivity contribution in [2.75, 3.05) is 25.0 Å². The second kappa shape index (κ2) is 5.01. The van der Waals surface area contributed by atoms with Crippen molar-refractivity contribution in [2.24, 2.45) is 0 Å². The first-order chi connectivity index (χ1) is 8.83. The molecule has 1 aromatic carbocycles. The topological polar surface area (TPSA) is 63.2 Å². The number of hydrogen-bond acceptors (Lipinski definition) is 5. The second-order valence-electron chi connectivity index (χ2n) is 4.09. The van der Waals surface area contributed by atoms with Crippen molar-refractivity contribution in [3.05, 3.63) is 23.7 Å². The summed E-state index contributed by atoms with van der Waals surface area (Å²) in [5, 5.41) is 6.00. The Morgan fingerprint density at radius 2 is 2.50 bits per heavy atom. The van der Waals surface area contributed by atoms with E-state index in [1.807, 2.05) is 18.2 Å². The number of amides is 1. The molecule has 94 valence electrons. The Bertz CT molecular complexity index is 563. The number of benzene rings is 1. The van der Waals surface area contributed by atoms with Gasteiger partial charge in [-0.2, -0.15) is 0 Å². The number of thiazole rings is 1. The van der Waals surface area contributed by atoms with Crippen molar-refractivity contribution in [3.8, 4) is 0 Å². The molecule has 2 N–H and O–H groups in total. The van der Waals surface area contributed by atoms with Gasteiger partial charge < -0.3 is 15.4 Å². The number of hydrogen-bond donors (Lipinski definition) is 2. The fourth-order valence-electron chi connectivity index (χ4n) is 1.89. The number of carbonyl (C=O) groups is 1. The minimum absolute atomic E-state index is 0.105. The molecule has 1 fully saturated rings. The van der Waals surface area contributed by atoms with Crippen molar-refractivity contribution < 1.29 is 9.53 Å². The average Bonchev–Trinajstić information content (AvgIpc) is 2.87. The van der Waals surface area contributed by atoms with Gasteiger partial charge in [0.1, 0.15) is 6.10 Å². The lowest BCUT2D eigenvalue weighted by atomic mass is 10.2. The van der Waals surface area contributed by atoms with Crippen LogP contribution in [0.25, 0.3) is 10.2 Å². The molecule has 0 aliphatic carbocycles. The van der Waals surface area contributed by atoms with E-state index in [4.69, 9.17) is 4.74 Å². The molecule has 0 spiro atoms. The van der Waals surface area contributed by atoms with Gasteiger partial charge in [0.2, 0.25) is 0 Å². The Hall–Kier alpha value is -1.50. The summed E-state index contributed by atoms with van der Waals surface area (Å²) in [7, 11) is 0. The lowest BCUT2D eigenvalue weighted by Gasteiger charge is -2.22. The Morgan fingerprint density at radius 3 is 3.33 bits per heavy atom. The summed E-state index contributed by atoms with van der Waals surface area (Å²) in [4.78, 5) is 16.2. The van der Waals surface area contributed by atoms with E-state index >= 15 is 0 Å². The number of anilines is 1. The summed E-state index contributed by atoms with van der Waals surface area (Å²) < 4.78 is 6.47. The molecule has 2 heterocycles. The van der Waals surface area contributed by atoms with Crippen molar-refractivity contribution in [1.82, 2.24) is 10.3 Å². The van der Waals surface area contributed by atoms with Crippen LogP contribution in [0.15, 0.2) is 23.7 Å². The Balaban J connectivity index is 1.72. The summed E-state index contributed by atoms with van der Waals surface area (Å²) in [5.41, 5.74) is 3.53. The van der Waals surface area contributed by atoms with Crippen LogP contribution in [0.5, 0.6) is 0 Å². The first-order valence-electron chi connectivity index (χ1n) is 5.79. The number of ether oxygens (including phenoxy) is 1. The van der Waals surface area contributed by atoms with Gasteiger partial charge in [-0.15, -0.1) is 11.3 Å². The standard InChI is InChI=1S/C12H13N3O2S/c16-12(10-6-13-3-4-17-10)15-8-1-2-9-11(5-8)18-7-14-9/h1-2,5,7,10,13H,3-4,6H2,(H,15,16). The molecule has 1 aromatic heterocycles. The molecule has 1 saturated heterocycles. The van der Waals surface area contributed by atoms with Crippen LogP contribution in [0.4, 0.5) is 5.69 Å². The van der Waals surface area contributed by atoms with E-state index in [-0.39, 0.29) is 5.91 Å². The van der Waals surface area contributed by atoms with E-state index in [1.54, 1.807) is 16.8 Å². The van der Waals surface area contributed by atoms with Gasteiger partial charge in [-0.25, -0.2) is 4.98 Å². The van der Waals surface area contributed by atoms with Gasteiger partial charge in [0, 0.05) is 18.8 Å². The number of carbonyl (C=O) groups excluding carboxylic acids is 1. The molecule has 1 unspecified atom stereocenters. The summed E-state index contributed by atoms with van der Waals surface area (Å²) in [6.07, 6.45) is -0.407. The molecule has 3 rings (SSSR count). The molecule has 1 atom stereocenters. The first kappa shape index (κ1) is 11.6. The number of aromatic nitrogens is 1. The van der Waals surface area contributed by atoms with Crippen molar-refractivity contribution >= 4 is 33.1 Å². The van der Waals surface area contributed by atoms with Crippen LogP contribution < -0.4 is 10.6 Å². The fourth-order valence-corrected chi connectivity index (χ4v) is 2.61. The molecular weight excluding hydrogens is 250 g/mol. The Kier molecular flexibility index (Phi) is 3.22. The number of nitrogens with one attached hydrogen (secondary N) is 2. The van der Waals surface area contributed by atoms with E-state index in [0.717, 1.165) is 22.4 Å². The van der Waals surface area contributed by atoms with E-state index in [9.17, 15) is 4.79 Å². The predicted molar refractivity (Wildman–Crippen MR) is 70.9 cm³/mol. The van der Waals surface area contributed by atoms with Crippen LogP contribution in [0.3, 0.4) is 0 Å². The smallest absolute Gasteiger partial charge is 0.254 e. The van der Waals surface area contributed by atoms with Gasteiger partial charge in [0.25, 0.3) is 5.91 Å². The van der Waals surface area contributed by atoms with Crippen LogP contribution in [0.2, 0.25) is 0 Å². The van der Waals surface area contributed by atoms with E-state index in [1.165, 1.54) is 0 Å². The third-order valence-electron chi connectivity index (χ3n) is 2.82. The molecule has 6 heteroatoms. The lowest BCUT2D eigenvalue weighted by molar-refractivity contribution is -0.128. The molecule has 1 aliphatic rings. The summed E-state index contributed by atoms with van der Waals surface area (Å²) >= 11 is 1.56. The van der Waals surface area contributed by atoms with Gasteiger partial charge in [-0.1, -0.05) is 0 Å². The fraction of sp³-hybridized carbons (Fsp3) is 0.333. The molecule has 0 saturated carbocycles. The molecule has 5 nitrogen and oxygen atoms in total. The monoisotopic (exact) mass is 263 g/mol. The van der Waals surface area contributed by atoms with Gasteiger partial charge in [0.05, 0.1) is 22.3 Å². The minimum Gasteiger partial charge on any atom is -0.366 e. The SMILES string of the molecule is O=C(Nc1ccc2ncsc2c1)C1CNCCO1. The minimum atomic E-state index is -0.407. The van der Waals surface area contributed by atoms with Crippen molar-refractivity contribution in [2.45, 2.75) is 6.10 Å². The van der Waals surface area contributed by atoms with Crippen LogP contribution in [-0.2, 0) is 9.53 Å². The third kappa shape index (κ3) is 2.35. The van der Waals surface area contributed by atoms with Gasteiger partial charge in [-0.3, -0.25) is 4.79 Å². The van der Waals surface area contributed by atoms with Crippen LogP contribution in [-0.4, -0.2) is 36.7 Å². The van der Waals surface area contributed by atoms with Crippen molar-refractivity contribution in [3.63, 3.8) is 0 Å². The zero-order valence-corrected chi connectivity index (χ0v) is 10.5. The maximum atomic E-state index is 12.0. The Labute approximate surface area is 108 Å². The molecule has 18 heavy (non-hydrogen) atoms. The number of nitrogens with zero attached hydrogens (tertiary/aromatic N) is 1. The van der Waals surface area contributed by atoms with E-state index in [2.05, 4.69) is 15.6 Å². The molecule has 0 radical (unpaired) electrons. The zero-order valence-electron chi connectivity index (χ0n) is 9.68. The highest BCUT2D eigenvalue weighted by atomic mass is 32.1. The predicted octanol–water partition coefficient (Wildman–Crippen LogP) is 1.22. The van der Waals surface area contributed by atoms with Crippen LogP contribution in [0, 0.1) is 0 Å². The lowest BCUT2D eigenvalue weighted by Crippen LogP contribution is -2.45. The Morgan fingerprint density at radius 1 is 1.56 bits per heavy atom. The highest BCUT2D eigenvalue weighted by Crippen LogP contribution is 2.22. The number of morpholine rings is 1. The summed E-state index contributed by atoms with van der Waals surface area (Å²) in [6, 6.07) is 5.69. The van der Waals surface area contributed by atoms with Gasteiger partial charge >= 0.3 is 0 Å². The highest BCUT2D eigenvalue weighted by molar-refractivity contribution is 7.16. The molecule has 2 aromatic rings. The number of rotatable bonds is 2. The molecule has 1 amide bonds. The normalized spacial score (nSPS) is 19.9. The average molecular weight is 263 g/mol. The largest absolute Gasteiger partial charge is 0.366 e. The van der Waals surface area contributed by atoms with Gasteiger partial charge in [-0.05, 0) is 18.2 Å². The van der Waals surface area contributed by atoms with Crippen LogP contribution >= 0.6 is 11.3 Å². The molecule has 1 aliphatic heterocycles. The maximum Gasteiger partial charge on any atom is 0.254 e. The van der Waals surface area contributed by atoms with Crippen molar-refractivity contribution in [1.29, 1.82) is 0 Å². The molecule has 0 bridgehead atoms. The first-order valence-corrected chi connectivity index (χ1v) is 6.67. The second-order valence-corrected chi connectivity index (χ2v) is 4.97. The summed E-state index contributed by atoms with van der Waals surface area (Å²) in [5.74, 6) is -0.105. The van der Waals surface area contributed by atoms with E-state index in [0.29, 0.717) is 13.2 Å². The van der Waals surface area contributed by atoms with Gasteiger partial charge in [0.15, 0.2) is 0 Å². The third-order valence-corrected chi connectivity index (χ3v) is 3.61. The zero-order chi connectivity index (χ0) is 12.4. The van der Waals surface area contributed by atoms with Crippen LogP contribution in [0.1, 0.15) is 0 Å².